The van der Waals surface area contributed by atoms with Crippen LogP contribution in [0, 0.1) is 0 Å². The van der Waals surface area contributed by atoms with Crippen LogP contribution in [0.1, 0.15) is 11.4 Å². The third kappa shape index (κ3) is 2.10. The van der Waals surface area contributed by atoms with E-state index in [1.165, 1.54) is 0 Å². The fourth-order valence-electron chi connectivity index (χ4n) is 1.55. The molecule has 5 nitrogen and oxygen atoms in total. The maximum absolute atomic E-state index is 9.09. The Morgan fingerprint density at radius 3 is 3.06 bits per heavy atom. The molecule has 1 aromatic heterocycles. The van der Waals surface area contributed by atoms with Crippen molar-refractivity contribution < 1.29 is 9.84 Å². The zero-order valence-corrected chi connectivity index (χ0v) is 9.00. The summed E-state index contributed by atoms with van der Waals surface area (Å²) in [4.78, 5) is 0. The van der Waals surface area contributed by atoms with Crippen molar-refractivity contribution in [2.24, 2.45) is 0 Å². The van der Waals surface area contributed by atoms with Crippen LogP contribution < -0.4 is 0 Å². The predicted octanol–water partition coefficient (Wildman–Crippen LogP) is 0.906. The number of methoxy groups -OCH3 is 1. The van der Waals surface area contributed by atoms with Gasteiger partial charge in [0.15, 0.2) is 5.82 Å². The van der Waals surface area contributed by atoms with E-state index < -0.39 is 0 Å². The lowest BCUT2D eigenvalue weighted by atomic mass is 10.2. The number of ether oxygens (including phenoxy) is 1. The molecule has 0 spiro atoms. The summed E-state index contributed by atoms with van der Waals surface area (Å²) < 4.78 is 6.82. The highest BCUT2D eigenvalue weighted by Crippen LogP contribution is 2.12. The molecule has 0 unspecified atom stereocenters. The van der Waals surface area contributed by atoms with Crippen molar-refractivity contribution in [2.75, 3.05) is 7.11 Å². The Bertz CT molecular complexity index is 468. The second-order valence-electron chi connectivity index (χ2n) is 3.38. The minimum Gasteiger partial charge on any atom is -0.388 e. The van der Waals surface area contributed by atoms with Crippen LogP contribution in [-0.4, -0.2) is 27.0 Å². The van der Waals surface area contributed by atoms with Gasteiger partial charge in [0.2, 0.25) is 0 Å². The van der Waals surface area contributed by atoms with Crippen molar-refractivity contribution >= 4 is 0 Å². The Hall–Kier alpha value is -1.72. The molecule has 1 N–H and O–H groups in total. The predicted molar refractivity (Wildman–Crippen MR) is 58.0 cm³/mol. The molecule has 1 aromatic carbocycles. The van der Waals surface area contributed by atoms with Gasteiger partial charge in [0, 0.05) is 12.8 Å². The van der Waals surface area contributed by atoms with E-state index >= 15 is 0 Å². The topological polar surface area (TPSA) is 60.2 Å². The molecule has 0 saturated carbocycles. The van der Waals surface area contributed by atoms with Gasteiger partial charge in [-0.1, -0.05) is 12.1 Å². The van der Waals surface area contributed by atoms with Crippen molar-refractivity contribution in [1.29, 1.82) is 0 Å². The average molecular weight is 219 g/mol. The summed E-state index contributed by atoms with van der Waals surface area (Å²) in [5.74, 6) is 0.523. The SMILES string of the molecule is COCc1cccc(-n2cnnc2CO)c1. The smallest absolute Gasteiger partial charge is 0.163 e. The maximum Gasteiger partial charge on any atom is 0.163 e. The van der Waals surface area contributed by atoms with Gasteiger partial charge in [-0.25, -0.2) is 0 Å². The van der Waals surface area contributed by atoms with Crippen molar-refractivity contribution in [2.45, 2.75) is 13.2 Å². The van der Waals surface area contributed by atoms with Gasteiger partial charge in [0.25, 0.3) is 0 Å². The van der Waals surface area contributed by atoms with Gasteiger partial charge in [-0.2, -0.15) is 0 Å². The van der Waals surface area contributed by atoms with Crippen molar-refractivity contribution in [3.8, 4) is 5.69 Å². The van der Waals surface area contributed by atoms with Gasteiger partial charge in [0.05, 0.1) is 6.61 Å². The molecule has 0 aliphatic rings. The molecule has 0 fully saturated rings. The first-order valence-electron chi connectivity index (χ1n) is 4.93. The minimum absolute atomic E-state index is 0.130. The third-order valence-corrected chi connectivity index (χ3v) is 2.26. The van der Waals surface area contributed by atoms with Crippen LogP contribution in [-0.2, 0) is 18.0 Å². The maximum atomic E-state index is 9.09. The first-order chi connectivity index (χ1) is 7.85. The average Bonchev–Trinajstić information content (AvgIpc) is 2.78. The lowest BCUT2D eigenvalue weighted by Gasteiger charge is -2.06. The highest BCUT2D eigenvalue weighted by Gasteiger charge is 2.05. The number of benzene rings is 1. The number of aliphatic hydroxyl groups excluding tert-OH is 1. The fraction of sp³-hybridized carbons (Fsp3) is 0.273. The summed E-state index contributed by atoms with van der Waals surface area (Å²) in [6, 6.07) is 7.83. The molecular weight excluding hydrogens is 206 g/mol. The van der Waals surface area contributed by atoms with Gasteiger partial charge in [-0.3, -0.25) is 4.57 Å². The van der Waals surface area contributed by atoms with Crippen LogP contribution in [0.25, 0.3) is 5.69 Å². The van der Waals surface area contributed by atoms with Crippen molar-refractivity contribution in [3.63, 3.8) is 0 Å². The Kier molecular flexibility index (Phi) is 3.28. The van der Waals surface area contributed by atoms with E-state index in [1.807, 2.05) is 24.3 Å². The van der Waals surface area contributed by atoms with Gasteiger partial charge in [-0.05, 0) is 17.7 Å². The molecule has 2 aromatic rings. The summed E-state index contributed by atoms with van der Waals surface area (Å²) in [7, 11) is 1.66. The fourth-order valence-corrected chi connectivity index (χ4v) is 1.55. The van der Waals surface area contributed by atoms with E-state index in [1.54, 1.807) is 18.0 Å². The first kappa shape index (κ1) is 10.8. The summed E-state index contributed by atoms with van der Waals surface area (Å²) in [6.45, 7) is 0.429. The number of nitrogens with zero attached hydrogens (tertiary/aromatic N) is 3. The van der Waals surface area contributed by atoms with Gasteiger partial charge in [-0.15, -0.1) is 10.2 Å². The Morgan fingerprint density at radius 1 is 1.44 bits per heavy atom. The lowest BCUT2D eigenvalue weighted by molar-refractivity contribution is 0.185. The third-order valence-electron chi connectivity index (χ3n) is 2.26. The van der Waals surface area contributed by atoms with Crippen LogP contribution >= 0.6 is 0 Å². The van der Waals surface area contributed by atoms with E-state index in [0.717, 1.165) is 11.3 Å². The van der Waals surface area contributed by atoms with E-state index in [0.29, 0.717) is 12.4 Å². The molecular formula is C11H13N3O2. The summed E-state index contributed by atoms with van der Waals surface area (Å²) >= 11 is 0. The van der Waals surface area contributed by atoms with Crippen LogP contribution in [0.4, 0.5) is 0 Å². The second-order valence-corrected chi connectivity index (χ2v) is 3.38. The van der Waals surface area contributed by atoms with Crippen molar-refractivity contribution in [1.82, 2.24) is 14.8 Å². The molecule has 0 atom stereocenters. The van der Waals surface area contributed by atoms with E-state index in [9.17, 15) is 0 Å². The monoisotopic (exact) mass is 219 g/mol. The van der Waals surface area contributed by atoms with E-state index in [2.05, 4.69) is 10.2 Å². The molecule has 0 radical (unpaired) electrons. The quantitative estimate of drug-likeness (QED) is 0.830. The molecule has 0 aliphatic heterocycles. The van der Waals surface area contributed by atoms with Gasteiger partial charge in [0.1, 0.15) is 12.9 Å². The molecule has 16 heavy (non-hydrogen) atoms. The number of hydrogen-bond acceptors (Lipinski definition) is 4. The van der Waals surface area contributed by atoms with Gasteiger partial charge >= 0.3 is 0 Å². The van der Waals surface area contributed by atoms with E-state index in [4.69, 9.17) is 9.84 Å². The molecule has 1 heterocycles. The zero-order chi connectivity index (χ0) is 11.4. The number of hydrogen-bond donors (Lipinski definition) is 1. The van der Waals surface area contributed by atoms with E-state index in [-0.39, 0.29) is 6.61 Å². The highest BCUT2D eigenvalue weighted by molar-refractivity contribution is 5.36. The van der Waals surface area contributed by atoms with Crippen LogP contribution in [0.3, 0.4) is 0 Å². The van der Waals surface area contributed by atoms with Crippen molar-refractivity contribution in [3.05, 3.63) is 42.0 Å². The minimum atomic E-state index is -0.130. The Morgan fingerprint density at radius 2 is 2.31 bits per heavy atom. The first-order valence-corrected chi connectivity index (χ1v) is 4.93. The van der Waals surface area contributed by atoms with Crippen LogP contribution in [0.15, 0.2) is 30.6 Å². The van der Waals surface area contributed by atoms with Crippen LogP contribution in [0.5, 0.6) is 0 Å². The Balaban J connectivity index is 2.36. The number of rotatable bonds is 4. The molecule has 0 aliphatic carbocycles. The molecule has 84 valence electrons. The Labute approximate surface area is 93.3 Å². The molecule has 5 heteroatoms. The van der Waals surface area contributed by atoms with Crippen LogP contribution in [0.2, 0.25) is 0 Å². The largest absolute Gasteiger partial charge is 0.388 e. The molecule has 2 rings (SSSR count). The number of aliphatic hydroxyl groups is 1. The second kappa shape index (κ2) is 4.87. The summed E-state index contributed by atoms with van der Waals surface area (Å²) in [6.07, 6.45) is 1.58. The highest BCUT2D eigenvalue weighted by atomic mass is 16.5. The standard InChI is InChI=1S/C11H13N3O2/c1-16-7-9-3-2-4-10(5-9)14-8-12-13-11(14)6-15/h2-5,8,15H,6-7H2,1H3. The summed E-state index contributed by atoms with van der Waals surface area (Å²) in [5.41, 5.74) is 1.99. The van der Waals surface area contributed by atoms with Gasteiger partial charge < -0.3 is 9.84 Å². The normalized spacial score (nSPS) is 10.6. The molecule has 0 saturated heterocycles. The molecule has 0 amide bonds. The number of aromatic nitrogens is 3. The summed E-state index contributed by atoms with van der Waals surface area (Å²) in [5, 5.41) is 16.7. The lowest BCUT2D eigenvalue weighted by Crippen LogP contribution is -2.00. The molecule has 0 bridgehead atoms. The zero-order valence-electron chi connectivity index (χ0n) is 9.00.